The number of rotatable bonds is 12. The van der Waals surface area contributed by atoms with Crippen LogP contribution in [0.15, 0.2) is 30.3 Å². The maximum absolute atomic E-state index is 12.4. The molecular weight excluding hydrogens is 374 g/mol. The van der Waals surface area contributed by atoms with Crippen molar-refractivity contribution in [1.82, 2.24) is 0 Å². The van der Waals surface area contributed by atoms with Gasteiger partial charge >= 0.3 is 0 Å². The summed E-state index contributed by atoms with van der Waals surface area (Å²) in [5, 5.41) is 37.5. The molecule has 1 aromatic carbocycles. The smallest absolute Gasteiger partial charge is 0.295 e. The maximum atomic E-state index is 12.4. The highest BCUT2D eigenvalue weighted by atomic mass is 17.0. The predicted octanol–water partition coefficient (Wildman–Crippen LogP) is -0.0903. The van der Waals surface area contributed by atoms with Gasteiger partial charge in [-0.2, -0.15) is 0 Å². The van der Waals surface area contributed by atoms with E-state index in [9.17, 15) is 40.2 Å². The third-order valence-electron chi connectivity index (χ3n) is 3.25. The van der Waals surface area contributed by atoms with Crippen LogP contribution in [0.1, 0.15) is 12.5 Å². The van der Waals surface area contributed by atoms with E-state index < -0.39 is 51.9 Å². The summed E-state index contributed by atoms with van der Waals surface area (Å²) in [6.07, 6.45) is -8.91. The van der Waals surface area contributed by atoms with Crippen molar-refractivity contribution in [3.63, 3.8) is 0 Å². The van der Waals surface area contributed by atoms with Crippen molar-refractivity contribution < 1.29 is 39.7 Å². The van der Waals surface area contributed by atoms with Crippen LogP contribution in [0.5, 0.6) is 0 Å². The van der Waals surface area contributed by atoms with Crippen LogP contribution in [0.25, 0.3) is 0 Å². The lowest BCUT2D eigenvalue weighted by Gasteiger charge is -2.29. The summed E-state index contributed by atoms with van der Waals surface area (Å²) in [7, 11) is 0. The predicted molar refractivity (Wildman–Crippen MR) is 82.4 cm³/mol. The van der Waals surface area contributed by atoms with Crippen molar-refractivity contribution in [2.24, 2.45) is 0 Å². The third-order valence-corrected chi connectivity index (χ3v) is 3.25. The van der Waals surface area contributed by atoms with Crippen LogP contribution >= 0.6 is 0 Å². The van der Waals surface area contributed by atoms with E-state index in [-0.39, 0.29) is 0 Å². The molecule has 14 heteroatoms. The van der Waals surface area contributed by atoms with Gasteiger partial charge in [-0.1, -0.05) is 30.3 Å². The molecule has 0 bridgehead atoms. The molecule has 0 saturated carbocycles. The van der Waals surface area contributed by atoms with Crippen molar-refractivity contribution >= 4 is 5.78 Å². The van der Waals surface area contributed by atoms with Crippen molar-refractivity contribution in [2.45, 2.75) is 37.8 Å². The first kappa shape index (κ1) is 21.5. The van der Waals surface area contributed by atoms with Crippen LogP contribution in [-0.4, -0.2) is 50.6 Å². The minimum Gasteiger partial charge on any atom is -0.391 e. The first-order chi connectivity index (χ1) is 12.6. The number of aliphatic hydroxyl groups excluding tert-OH is 1. The fraction of sp³-hybridized carbons (Fsp3) is 0.462. The Morgan fingerprint density at radius 2 is 1.44 bits per heavy atom. The molecule has 1 rings (SSSR count). The molecule has 14 nitrogen and oxygen atoms in total. The van der Waals surface area contributed by atoms with Crippen molar-refractivity contribution in [3.8, 4) is 0 Å². The lowest BCUT2D eigenvalue weighted by molar-refractivity contribution is -0.815. The van der Waals surface area contributed by atoms with E-state index in [0.717, 1.165) is 6.92 Å². The molecule has 0 saturated heterocycles. The average Bonchev–Trinajstić information content (AvgIpc) is 2.56. The summed E-state index contributed by atoms with van der Waals surface area (Å²) in [5.41, 5.74) is 0.392. The molecule has 27 heavy (non-hydrogen) atoms. The monoisotopic (exact) mass is 389 g/mol. The normalized spacial score (nSPS) is 14.9. The first-order valence-electron chi connectivity index (χ1n) is 7.30. The van der Waals surface area contributed by atoms with Gasteiger partial charge in [0, 0.05) is 6.42 Å². The van der Waals surface area contributed by atoms with Crippen molar-refractivity contribution in [3.05, 3.63) is 66.2 Å². The van der Waals surface area contributed by atoms with E-state index in [4.69, 9.17) is 0 Å². The number of benzene rings is 1. The molecule has 4 atom stereocenters. The Morgan fingerprint density at radius 1 is 0.963 bits per heavy atom. The van der Waals surface area contributed by atoms with E-state index in [1.165, 1.54) is 12.1 Å². The summed E-state index contributed by atoms with van der Waals surface area (Å²) in [5.74, 6) is -1.05. The molecule has 0 radical (unpaired) electrons. The second-order valence-corrected chi connectivity index (χ2v) is 5.21. The topological polar surface area (TPSA) is 194 Å². The minimum atomic E-state index is -2.29. The summed E-state index contributed by atoms with van der Waals surface area (Å²) in [6.45, 7) is 0.954. The number of hydrogen-bond acceptors (Lipinski definition) is 11. The van der Waals surface area contributed by atoms with Gasteiger partial charge in [0.1, 0.15) is 0 Å². The zero-order valence-electron chi connectivity index (χ0n) is 13.8. The van der Waals surface area contributed by atoms with Gasteiger partial charge < -0.3 is 19.6 Å². The summed E-state index contributed by atoms with van der Waals surface area (Å²) >= 11 is 0. The Bertz CT molecular complexity index is 681. The zero-order valence-corrected chi connectivity index (χ0v) is 13.8. The van der Waals surface area contributed by atoms with Crippen molar-refractivity contribution in [1.29, 1.82) is 0 Å². The molecule has 0 spiro atoms. The number of ketones is 1. The molecule has 1 aromatic rings. The fourth-order valence-electron chi connectivity index (χ4n) is 2.20. The van der Waals surface area contributed by atoms with E-state index >= 15 is 0 Å². The minimum absolute atomic E-state index is 0.392. The summed E-state index contributed by atoms with van der Waals surface area (Å²) in [6, 6.07) is 7.80. The van der Waals surface area contributed by atoms with E-state index in [1.54, 1.807) is 18.2 Å². The lowest BCUT2D eigenvalue weighted by atomic mass is 9.97. The number of carbonyl (C=O) groups is 1. The van der Waals surface area contributed by atoms with Crippen LogP contribution in [0.4, 0.5) is 0 Å². The second-order valence-electron chi connectivity index (χ2n) is 5.21. The van der Waals surface area contributed by atoms with Gasteiger partial charge in [0.15, 0.2) is 24.1 Å². The van der Waals surface area contributed by atoms with Gasteiger partial charge in [-0.25, -0.2) is 0 Å². The Kier molecular flexibility index (Phi) is 7.81. The van der Waals surface area contributed by atoms with E-state index in [0.29, 0.717) is 5.56 Å². The molecule has 0 aromatic heterocycles. The van der Waals surface area contributed by atoms with Crippen LogP contribution in [0, 0.1) is 30.3 Å². The molecular formula is C13H15N3O11. The number of nitrogens with zero attached hydrogens (tertiary/aromatic N) is 3. The molecule has 0 amide bonds. The molecule has 0 heterocycles. The highest BCUT2D eigenvalue weighted by molar-refractivity contribution is 5.85. The fourth-order valence-corrected chi connectivity index (χ4v) is 2.20. The molecule has 148 valence electrons. The van der Waals surface area contributed by atoms with Gasteiger partial charge in [0.05, 0.1) is 6.10 Å². The van der Waals surface area contributed by atoms with Gasteiger partial charge in [-0.15, -0.1) is 30.3 Å². The Morgan fingerprint density at radius 3 is 1.89 bits per heavy atom. The van der Waals surface area contributed by atoms with Crippen molar-refractivity contribution in [2.75, 3.05) is 0 Å². The first-order valence-corrected chi connectivity index (χ1v) is 7.30. The van der Waals surface area contributed by atoms with Gasteiger partial charge in [0.2, 0.25) is 0 Å². The van der Waals surface area contributed by atoms with Gasteiger partial charge in [0.25, 0.3) is 15.3 Å². The van der Waals surface area contributed by atoms with Gasteiger partial charge in [-0.3, -0.25) is 4.79 Å². The third kappa shape index (κ3) is 7.07. The number of hydrogen-bond donors (Lipinski definition) is 1. The summed E-state index contributed by atoms with van der Waals surface area (Å²) in [4.78, 5) is 57.0. The summed E-state index contributed by atoms with van der Waals surface area (Å²) < 4.78 is 0. The van der Waals surface area contributed by atoms with Crippen LogP contribution in [0.2, 0.25) is 0 Å². The Balaban J connectivity index is 3.23. The SMILES string of the molecule is C[C@H](O)[C@@H](O[N+](=O)[O-])[C@@H](O[N+](=O)[O-])[C@@H](O[N+](=O)[O-])C(=O)Cc1ccccc1. The average molecular weight is 389 g/mol. The molecule has 0 unspecified atom stereocenters. The zero-order chi connectivity index (χ0) is 20.6. The second kappa shape index (κ2) is 9.81. The van der Waals surface area contributed by atoms with Gasteiger partial charge in [-0.05, 0) is 12.5 Å². The van der Waals surface area contributed by atoms with Crippen LogP contribution in [-0.2, 0) is 25.7 Å². The molecule has 0 aliphatic heterocycles. The quantitative estimate of drug-likeness (QED) is 0.370. The number of carbonyl (C=O) groups excluding carboxylic acids is 1. The van der Waals surface area contributed by atoms with E-state index in [1.807, 2.05) is 0 Å². The number of Topliss-reactive ketones (excluding diaryl/α,β-unsaturated/α-hetero) is 1. The van der Waals surface area contributed by atoms with Crippen LogP contribution < -0.4 is 0 Å². The highest BCUT2D eigenvalue weighted by Gasteiger charge is 2.44. The number of aliphatic hydroxyl groups is 1. The maximum Gasteiger partial charge on any atom is 0.295 e. The van der Waals surface area contributed by atoms with Crippen LogP contribution in [0.3, 0.4) is 0 Å². The molecule has 0 aliphatic carbocycles. The Labute approximate surface area is 150 Å². The Hall–Kier alpha value is -3.55. The largest absolute Gasteiger partial charge is 0.391 e. The highest BCUT2D eigenvalue weighted by Crippen LogP contribution is 2.19. The standard InChI is InChI=1S/C13H15N3O11/c1-8(17)11(25-14(19)20)13(27-16(23)24)12(26-15(21)22)10(18)7-9-5-3-2-4-6-9/h2-6,8,11-13,17H,7H2,1H3/t8-,11+,12-,13+/m0/s1. The molecule has 1 N–H and O–H groups in total. The molecule has 0 fully saturated rings. The lowest BCUT2D eigenvalue weighted by Crippen LogP contribution is -2.53. The molecule has 0 aliphatic rings. The van der Waals surface area contributed by atoms with E-state index in [2.05, 4.69) is 14.5 Å².